The van der Waals surface area contributed by atoms with Gasteiger partial charge in [-0.3, -0.25) is 9.59 Å². The summed E-state index contributed by atoms with van der Waals surface area (Å²) < 4.78 is 5.85. The molecule has 7 heteroatoms. The number of ether oxygens (including phenoxy) is 1. The van der Waals surface area contributed by atoms with Crippen LogP contribution in [0.5, 0.6) is 5.75 Å². The Kier molecular flexibility index (Phi) is 5.67. The molecule has 0 unspecified atom stereocenters. The molecule has 6 nitrogen and oxygen atoms in total. The minimum absolute atomic E-state index is 0.172. The molecule has 0 spiro atoms. The average molecular weight is 458 g/mol. The number of anilines is 1. The van der Waals surface area contributed by atoms with E-state index in [2.05, 4.69) is 15.3 Å². The summed E-state index contributed by atoms with van der Waals surface area (Å²) in [4.78, 5) is 32.8. The third kappa shape index (κ3) is 4.52. The van der Waals surface area contributed by atoms with Crippen molar-refractivity contribution in [2.75, 3.05) is 5.32 Å². The van der Waals surface area contributed by atoms with Crippen LogP contribution in [0.15, 0.2) is 83.7 Å². The maximum atomic E-state index is 13.0. The van der Waals surface area contributed by atoms with Crippen LogP contribution >= 0.6 is 11.6 Å². The lowest BCUT2D eigenvalue weighted by atomic mass is 9.87. The number of benzene rings is 3. The van der Waals surface area contributed by atoms with Crippen LogP contribution < -0.4 is 15.6 Å². The highest BCUT2D eigenvalue weighted by Gasteiger charge is 2.31. The van der Waals surface area contributed by atoms with Gasteiger partial charge in [0.15, 0.2) is 0 Å². The van der Waals surface area contributed by atoms with Crippen molar-refractivity contribution >= 4 is 23.3 Å². The number of fused-ring (bicyclic) bond motifs is 1. The Morgan fingerprint density at radius 1 is 0.970 bits per heavy atom. The SMILES string of the molecule is O=C1C[C@H](c2ccc(OCc3cccc(Cl)c3)cc2)c2c(nc(-c3ccccc3)[nH]c2=O)N1. The quantitative estimate of drug-likeness (QED) is 0.434. The predicted octanol–water partition coefficient (Wildman–Crippen LogP) is 5.14. The van der Waals surface area contributed by atoms with E-state index in [1.165, 1.54) is 0 Å². The Bertz CT molecular complexity index is 1370. The molecule has 0 saturated heterocycles. The van der Waals surface area contributed by atoms with E-state index in [-0.39, 0.29) is 17.9 Å². The molecule has 4 aromatic rings. The summed E-state index contributed by atoms with van der Waals surface area (Å²) in [6.45, 7) is 0.389. The monoisotopic (exact) mass is 457 g/mol. The molecule has 164 valence electrons. The van der Waals surface area contributed by atoms with Crippen molar-refractivity contribution in [2.45, 2.75) is 18.9 Å². The molecule has 0 aliphatic carbocycles. The van der Waals surface area contributed by atoms with Crippen molar-refractivity contribution in [3.8, 4) is 17.1 Å². The lowest BCUT2D eigenvalue weighted by Gasteiger charge is -2.24. The third-order valence-corrected chi connectivity index (χ3v) is 5.81. The van der Waals surface area contributed by atoms with Crippen molar-refractivity contribution in [2.24, 2.45) is 0 Å². The fourth-order valence-electron chi connectivity index (χ4n) is 3.98. The number of rotatable bonds is 5. The van der Waals surface area contributed by atoms with Gasteiger partial charge in [0.1, 0.15) is 24.0 Å². The van der Waals surface area contributed by atoms with E-state index in [0.717, 1.165) is 16.7 Å². The van der Waals surface area contributed by atoms with Gasteiger partial charge in [-0.25, -0.2) is 4.98 Å². The van der Waals surface area contributed by atoms with Gasteiger partial charge in [0.05, 0.1) is 5.56 Å². The summed E-state index contributed by atoms with van der Waals surface area (Å²) in [5, 5.41) is 3.42. The fraction of sp³-hybridized carbons (Fsp3) is 0.115. The second-order valence-electron chi connectivity index (χ2n) is 7.84. The molecule has 2 heterocycles. The molecule has 3 aromatic carbocycles. The summed E-state index contributed by atoms with van der Waals surface area (Å²) in [5.74, 6) is 0.846. The number of hydrogen-bond acceptors (Lipinski definition) is 4. The second kappa shape index (κ2) is 8.92. The van der Waals surface area contributed by atoms with Gasteiger partial charge in [0, 0.05) is 22.9 Å². The minimum atomic E-state index is -0.392. The summed E-state index contributed by atoms with van der Waals surface area (Å²) >= 11 is 6.02. The van der Waals surface area contributed by atoms with Gasteiger partial charge in [-0.15, -0.1) is 0 Å². The zero-order valence-electron chi connectivity index (χ0n) is 17.5. The lowest BCUT2D eigenvalue weighted by Crippen LogP contribution is -2.31. The molecule has 0 bridgehead atoms. The van der Waals surface area contributed by atoms with Gasteiger partial charge in [-0.2, -0.15) is 0 Å². The largest absolute Gasteiger partial charge is 0.489 e. The van der Waals surface area contributed by atoms with Crippen molar-refractivity contribution in [3.63, 3.8) is 0 Å². The van der Waals surface area contributed by atoms with Crippen molar-refractivity contribution in [1.29, 1.82) is 0 Å². The molecular formula is C26H20ClN3O3. The molecular weight excluding hydrogens is 438 g/mol. The first-order valence-electron chi connectivity index (χ1n) is 10.5. The molecule has 5 rings (SSSR count). The maximum Gasteiger partial charge on any atom is 0.257 e. The Morgan fingerprint density at radius 3 is 2.52 bits per heavy atom. The number of H-pyrrole nitrogens is 1. The molecule has 2 N–H and O–H groups in total. The summed E-state index contributed by atoms with van der Waals surface area (Å²) in [6.07, 6.45) is 0.172. The van der Waals surface area contributed by atoms with Crippen LogP contribution in [0.1, 0.15) is 29.0 Å². The minimum Gasteiger partial charge on any atom is -0.489 e. The zero-order valence-corrected chi connectivity index (χ0v) is 18.3. The van der Waals surface area contributed by atoms with Crippen molar-refractivity contribution in [3.05, 3.63) is 111 Å². The van der Waals surface area contributed by atoms with Crippen LogP contribution in [0.25, 0.3) is 11.4 Å². The first-order chi connectivity index (χ1) is 16.1. The first-order valence-corrected chi connectivity index (χ1v) is 10.9. The predicted molar refractivity (Wildman–Crippen MR) is 128 cm³/mol. The Balaban J connectivity index is 1.41. The molecule has 1 aliphatic heterocycles. The van der Waals surface area contributed by atoms with Gasteiger partial charge in [-0.05, 0) is 35.4 Å². The lowest BCUT2D eigenvalue weighted by molar-refractivity contribution is -0.116. The number of nitrogens with one attached hydrogen (secondary N) is 2. The first kappa shape index (κ1) is 21.0. The molecule has 0 radical (unpaired) electrons. The topological polar surface area (TPSA) is 84.1 Å². The van der Waals surface area contributed by atoms with E-state index in [9.17, 15) is 9.59 Å². The number of halogens is 1. The normalized spacial score (nSPS) is 14.9. The van der Waals surface area contributed by atoms with Crippen molar-refractivity contribution < 1.29 is 9.53 Å². The Labute approximate surface area is 195 Å². The van der Waals surface area contributed by atoms with E-state index in [4.69, 9.17) is 16.3 Å². The molecule has 33 heavy (non-hydrogen) atoms. The van der Waals surface area contributed by atoms with E-state index in [1.807, 2.05) is 78.9 Å². The maximum absolute atomic E-state index is 13.0. The van der Waals surface area contributed by atoms with Crippen LogP contribution in [-0.2, 0) is 11.4 Å². The summed E-state index contributed by atoms with van der Waals surface area (Å²) in [7, 11) is 0. The van der Waals surface area contributed by atoms with Gasteiger partial charge in [0.2, 0.25) is 5.91 Å². The van der Waals surface area contributed by atoms with Crippen LogP contribution in [0.2, 0.25) is 5.02 Å². The van der Waals surface area contributed by atoms with Gasteiger partial charge >= 0.3 is 0 Å². The molecule has 0 saturated carbocycles. The van der Waals surface area contributed by atoms with E-state index < -0.39 is 5.92 Å². The summed E-state index contributed by atoms with van der Waals surface area (Å²) in [5.41, 5.74) is 2.79. The van der Waals surface area contributed by atoms with Crippen LogP contribution in [0, 0.1) is 0 Å². The standard InChI is InChI=1S/C26H20ClN3O3/c27-19-8-4-5-16(13-19)15-33-20-11-9-17(10-12-20)21-14-22(31)28-25-23(21)26(32)30-24(29-25)18-6-2-1-3-7-18/h1-13,21H,14-15H2,(H2,28,29,30,31,32)/t21-/m1/s1. The van der Waals surface area contributed by atoms with Gasteiger partial charge in [-0.1, -0.05) is 66.2 Å². The average Bonchev–Trinajstić information content (AvgIpc) is 2.83. The smallest absolute Gasteiger partial charge is 0.257 e. The third-order valence-electron chi connectivity index (χ3n) is 5.58. The van der Waals surface area contributed by atoms with Crippen LogP contribution in [0.4, 0.5) is 5.82 Å². The van der Waals surface area contributed by atoms with E-state index in [0.29, 0.717) is 34.6 Å². The molecule has 1 amide bonds. The molecule has 0 fully saturated rings. The second-order valence-corrected chi connectivity index (χ2v) is 8.27. The highest BCUT2D eigenvalue weighted by Crippen LogP contribution is 2.35. The van der Waals surface area contributed by atoms with Crippen LogP contribution in [-0.4, -0.2) is 15.9 Å². The van der Waals surface area contributed by atoms with Gasteiger partial charge < -0.3 is 15.0 Å². The number of carbonyl (C=O) groups excluding carboxylic acids is 1. The number of hydrogen-bond donors (Lipinski definition) is 2. The Hall–Kier alpha value is -3.90. The van der Waals surface area contributed by atoms with Crippen molar-refractivity contribution in [1.82, 2.24) is 9.97 Å². The zero-order chi connectivity index (χ0) is 22.8. The fourth-order valence-corrected chi connectivity index (χ4v) is 4.19. The van der Waals surface area contributed by atoms with E-state index in [1.54, 1.807) is 0 Å². The van der Waals surface area contributed by atoms with Crippen LogP contribution in [0.3, 0.4) is 0 Å². The molecule has 1 aliphatic rings. The highest BCUT2D eigenvalue weighted by atomic mass is 35.5. The van der Waals surface area contributed by atoms with Gasteiger partial charge in [0.25, 0.3) is 5.56 Å². The molecule has 1 aromatic heterocycles. The highest BCUT2D eigenvalue weighted by molar-refractivity contribution is 6.30. The number of amides is 1. The van der Waals surface area contributed by atoms with E-state index >= 15 is 0 Å². The number of carbonyl (C=O) groups is 1. The number of aromatic nitrogens is 2. The number of aromatic amines is 1. The molecule has 1 atom stereocenters. The number of nitrogens with zero attached hydrogens (tertiary/aromatic N) is 1. The summed E-state index contributed by atoms with van der Waals surface area (Å²) in [6, 6.07) is 24.3. The Morgan fingerprint density at radius 2 is 1.76 bits per heavy atom.